The van der Waals surface area contributed by atoms with Gasteiger partial charge in [-0.05, 0) is 30.9 Å². The van der Waals surface area contributed by atoms with Gasteiger partial charge in [0.15, 0.2) is 5.78 Å². The summed E-state index contributed by atoms with van der Waals surface area (Å²) in [7, 11) is 0. The highest BCUT2D eigenvalue weighted by molar-refractivity contribution is 6.04. The highest BCUT2D eigenvalue weighted by Crippen LogP contribution is 2.38. The van der Waals surface area contributed by atoms with Crippen molar-refractivity contribution in [2.45, 2.75) is 25.7 Å². The third kappa shape index (κ3) is 1.71. The maximum absolute atomic E-state index is 11.7. The van der Waals surface area contributed by atoms with Crippen LogP contribution in [0.1, 0.15) is 24.8 Å². The summed E-state index contributed by atoms with van der Waals surface area (Å²) in [5.74, 6) is -1.15. The minimum absolute atomic E-state index is 0.149. The summed E-state index contributed by atoms with van der Waals surface area (Å²) >= 11 is 0. The molecule has 1 fully saturated rings. The number of hydrogen-bond acceptors (Lipinski definition) is 3. The molecule has 4 heteroatoms. The van der Waals surface area contributed by atoms with Crippen LogP contribution in [-0.4, -0.2) is 21.8 Å². The van der Waals surface area contributed by atoms with Crippen molar-refractivity contribution in [3.05, 3.63) is 30.1 Å². The molecule has 1 atom stereocenters. The second kappa shape index (κ2) is 4.04. The molecule has 0 bridgehead atoms. The summed E-state index contributed by atoms with van der Waals surface area (Å²) in [6.07, 6.45) is 5.01. The Morgan fingerprint density at radius 1 is 1.56 bits per heavy atom. The summed E-state index contributed by atoms with van der Waals surface area (Å²) in [5.41, 5.74) is -0.400. The standard InChI is InChI=1S/C12H13NO3/c14-10-4-1-5-12(10,11(15)16)7-9-3-2-6-13-8-9/h2-3,6,8H,1,4-5,7H2,(H,15,16). The SMILES string of the molecule is O=C(O)C1(Cc2cccnc2)CCCC1=O. The van der Waals surface area contributed by atoms with Gasteiger partial charge < -0.3 is 5.11 Å². The molecular weight excluding hydrogens is 206 g/mol. The van der Waals surface area contributed by atoms with Crippen LogP contribution in [0.5, 0.6) is 0 Å². The molecule has 1 aliphatic carbocycles. The van der Waals surface area contributed by atoms with Gasteiger partial charge in [0.25, 0.3) is 0 Å². The molecule has 0 aliphatic heterocycles. The van der Waals surface area contributed by atoms with Gasteiger partial charge in [0.05, 0.1) is 0 Å². The Morgan fingerprint density at radius 2 is 2.38 bits per heavy atom. The smallest absolute Gasteiger partial charge is 0.317 e. The van der Waals surface area contributed by atoms with Crippen molar-refractivity contribution in [1.82, 2.24) is 4.98 Å². The number of carboxylic acid groups (broad SMARTS) is 1. The molecule has 1 aromatic heterocycles. The monoisotopic (exact) mass is 219 g/mol. The lowest BCUT2D eigenvalue weighted by molar-refractivity contribution is -0.153. The van der Waals surface area contributed by atoms with Gasteiger partial charge in [-0.1, -0.05) is 6.07 Å². The summed E-state index contributed by atoms with van der Waals surface area (Å²) < 4.78 is 0. The van der Waals surface area contributed by atoms with E-state index in [0.717, 1.165) is 5.56 Å². The summed E-state index contributed by atoms with van der Waals surface area (Å²) in [5, 5.41) is 9.25. The molecule has 0 spiro atoms. The van der Waals surface area contributed by atoms with Crippen LogP contribution >= 0.6 is 0 Å². The lowest BCUT2D eigenvalue weighted by atomic mass is 9.79. The zero-order chi connectivity index (χ0) is 11.6. The lowest BCUT2D eigenvalue weighted by Crippen LogP contribution is -2.37. The van der Waals surface area contributed by atoms with E-state index in [-0.39, 0.29) is 12.2 Å². The van der Waals surface area contributed by atoms with Crippen molar-refractivity contribution in [2.24, 2.45) is 5.41 Å². The third-order valence-electron chi connectivity index (χ3n) is 3.18. The molecule has 1 heterocycles. The number of rotatable bonds is 3. The van der Waals surface area contributed by atoms with E-state index in [9.17, 15) is 14.7 Å². The van der Waals surface area contributed by atoms with E-state index in [0.29, 0.717) is 19.3 Å². The van der Waals surface area contributed by atoms with Crippen molar-refractivity contribution >= 4 is 11.8 Å². The average molecular weight is 219 g/mol. The zero-order valence-corrected chi connectivity index (χ0v) is 8.85. The Morgan fingerprint density at radius 3 is 2.88 bits per heavy atom. The predicted molar refractivity (Wildman–Crippen MR) is 56.9 cm³/mol. The van der Waals surface area contributed by atoms with Crippen LogP contribution in [0, 0.1) is 5.41 Å². The van der Waals surface area contributed by atoms with E-state index in [2.05, 4.69) is 4.98 Å². The van der Waals surface area contributed by atoms with Crippen LogP contribution in [0.15, 0.2) is 24.5 Å². The molecule has 2 rings (SSSR count). The number of aromatic nitrogens is 1. The number of aliphatic carboxylic acids is 1. The Balaban J connectivity index is 2.29. The maximum atomic E-state index is 11.7. The van der Waals surface area contributed by atoms with Gasteiger partial charge in [0.2, 0.25) is 0 Å². The van der Waals surface area contributed by atoms with E-state index in [1.54, 1.807) is 18.5 Å². The Kier molecular flexibility index (Phi) is 2.73. The number of hydrogen-bond donors (Lipinski definition) is 1. The number of pyridine rings is 1. The van der Waals surface area contributed by atoms with Crippen molar-refractivity contribution in [3.63, 3.8) is 0 Å². The second-order valence-electron chi connectivity index (χ2n) is 4.20. The van der Waals surface area contributed by atoms with Gasteiger partial charge in [-0.25, -0.2) is 0 Å². The van der Waals surface area contributed by atoms with E-state index in [4.69, 9.17) is 0 Å². The van der Waals surface area contributed by atoms with E-state index >= 15 is 0 Å². The van der Waals surface area contributed by atoms with Gasteiger partial charge in [0, 0.05) is 18.8 Å². The van der Waals surface area contributed by atoms with Gasteiger partial charge in [-0.2, -0.15) is 0 Å². The third-order valence-corrected chi connectivity index (χ3v) is 3.18. The van der Waals surface area contributed by atoms with Crippen LogP contribution in [0.4, 0.5) is 0 Å². The fraction of sp³-hybridized carbons (Fsp3) is 0.417. The van der Waals surface area contributed by atoms with Gasteiger partial charge in [-0.3, -0.25) is 14.6 Å². The topological polar surface area (TPSA) is 67.3 Å². The zero-order valence-electron chi connectivity index (χ0n) is 8.85. The minimum Gasteiger partial charge on any atom is -0.480 e. The van der Waals surface area contributed by atoms with E-state index in [1.165, 1.54) is 0 Å². The molecule has 1 aliphatic rings. The molecule has 1 aromatic rings. The van der Waals surface area contributed by atoms with Gasteiger partial charge in [-0.15, -0.1) is 0 Å². The second-order valence-corrected chi connectivity index (χ2v) is 4.20. The molecule has 1 saturated carbocycles. The van der Waals surface area contributed by atoms with Crippen molar-refractivity contribution in [2.75, 3.05) is 0 Å². The molecule has 1 N–H and O–H groups in total. The minimum atomic E-state index is -1.21. The van der Waals surface area contributed by atoms with Crippen molar-refractivity contribution in [3.8, 4) is 0 Å². The molecule has 1 unspecified atom stereocenters. The predicted octanol–water partition coefficient (Wildman–Crippen LogP) is 1.45. The normalized spacial score (nSPS) is 24.6. The Hall–Kier alpha value is -1.71. The average Bonchev–Trinajstić information content (AvgIpc) is 2.63. The first kappa shape index (κ1) is 10.8. The van der Waals surface area contributed by atoms with Crippen LogP contribution in [0.3, 0.4) is 0 Å². The quantitative estimate of drug-likeness (QED) is 0.781. The van der Waals surface area contributed by atoms with Crippen molar-refractivity contribution in [1.29, 1.82) is 0 Å². The Labute approximate surface area is 93.3 Å². The molecule has 16 heavy (non-hydrogen) atoms. The molecule has 0 aromatic carbocycles. The number of Topliss-reactive ketones (excluding diaryl/α,β-unsaturated/α-hetero) is 1. The largest absolute Gasteiger partial charge is 0.480 e. The molecule has 4 nitrogen and oxygen atoms in total. The molecular formula is C12H13NO3. The van der Waals surface area contributed by atoms with Crippen LogP contribution < -0.4 is 0 Å². The van der Waals surface area contributed by atoms with Gasteiger partial charge >= 0.3 is 5.97 Å². The van der Waals surface area contributed by atoms with E-state index in [1.807, 2.05) is 6.07 Å². The first-order valence-corrected chi connectivity index (χ1v) is 5.31. The molecule has 0 radical (unpaired) electrons. The van der Waals surface area contributed by atoms with Crippen LogP contribution in [0.2, 0.25) is 0 Å². The van der Waals surface area contributed by atoms with Gasteiger partial charge in [0.1, 0.15) is 5.41 Å². The fourth-order valence-corrected chi connectivity index (χ4v) is 2.27. The maximum Gasteiger partial charge on any atom is 0.317 e. The van der Waals surface area contributed by atoms with Crippen molar-refractivity contribution < 1.29 is 14.7 Å². The molecule has 0 amide bonds. The first-order chi connectivity index (χ1) is 7.65. The van der Waals surface area contributed by atoms with Crippen LogP contribution in [0.25, 0.3) is 0 Å². The number of ketones is 1. The fourth-order valence-electron chi connectivity index (χ4n) is 2.27. The number of carboxylic acids is 1. The summed E-state index contributed by atoms with van der Waals surface area (Å²) in [6.45, 7) is 0. The Bertz CT molecular complexity index is 416. The molecule has 84 valence electrons. The highest BCUT2D eigenvalue weighted by atomic mass is 16.4. The number of carbonyl (C=O) groups is 2. The summed E-state index contributed by atoms with van der Waals surface area (Å²) in [6, 6.07) is 3.56. The number of carbonyl (C=O) groups excluding carboxylic acids is 1. The number of nitrogens with zero attached hydrogens (tertiary/aromatic N) is 1. The lowest BCUT2D eigenvalue weighted by Gasteiger charge is -2.21. The molecule has 0 saturated heterocycles. The highest BCUT2D eigenvalue weighted by Gasteiger charge is 2.48. The summed E-state index contributed by atoms with van der Waals surface area (Å²) in [4.78, 5) is 27.0. The first-order valence-electron chi connectivity index (χ1n) is 5.31. The van der Waals surface area contributed by atoms with E-state index < -0.39 is 11.4 Å². The van der Waals surface area contributed by atoms with Crippen LogP contribution in [-0.2, 0) is 16.0 Å².